The molecule has 1 N–H and O–H groups in total. The van der Waals surface area contributed by atoms with E-state index in [0.717, 1.165) is 6.42 Å². The zero-order valence-corrected chi connectivity index (χ0v) is 8.50. The Hall–Kier alpha value is -0.860. The summed E-state index contributed by atoms with van der Waals surface area (Å²) in [5, 5.41) is 11.7. The highest BCUT2D eigenvalue weighted by molar-refractivity contribution is 6.40. The van der Waals surface area contributed by atoms with Crippen LogP contribution in [0, 0.1) is 11.3 Å². The van der Waals surface area contributed by atoms with Crippen LogP contribution < -0.4 is 0 Å². The SMILES string of the molecule is CC(C)(C)C1CCC(=O)/C(=N\O)C1. The number of Topliss-reactive ketones (excluding diaryl/α,β-unsaturated/α-hetero) is 1. The van der Waals surface area contributed by atoms with Gasteiger partial charge in [-0.3, -0.25) is 4.79 Å². The lowest BCUT2D eigenvalue weighted by molar-refractivity contribution is -0.114. The molecule has 1 rings (SSSR count). The average molecular weight is 183 g/mol. The van der Waals surface area contributed by atoms with Gasteiger partial charge in [-0.25, -0.2) is 0 Å². The lowest BCUT2D eigenvalue weighted by Gasteiger charge is -2.33. The Kier molecular flexibility index (Phi) is 2.74. The van der Waals surface area contributed by atoms with Crippen LogP contribution in [-0.4, -0.2) is 16.7 Å². The predicted octanol–water partition coefficient (Wildman–Crippen LogP) is 2.23. The number of carbonyl (C=O) groups excluding carboxylic acids is 1. The van der Waals surface area contributed by atoms with Gasteiger partial charge in [0.15, 0.2) is 5.78 Å². The van der Waals surface area contributed by atoms with Crippen molar-refractivity contribution in [3.63, 3.8) is 0 Å². The van der Waals surface area contributed by atoms with Crippen molar-refractivity contribution in [3.8, 4) is 0 Å². The molecule has 13 heavy (non-hydrogen) atoms. The topological polar surface area (TPSA) is 49.7 Å². The summed E-state index contributed by atoms with van der Waals surface area (Å²) in [6, 6.07) is 0. The second kappa shape index (κ2) is 3.48. The van der Waals surface area contributed by atoms with Gasteiger partial charge in [-0.1, -0.05) is 25.9 Å². The van der Waals surface area contributed by atoms with Gasteiger partial charge < -0.3 is 5.21 Å². The summed E-state index contributed by atoms with van der Waals surface area (Å²) in [6.45, 7) is 6.47. The number of rotatable bonds is 0. The zero-order valence-electron chi connectivity index (χ0n) is 8.50. The lowest BCUT2D eigenvalue weighted by Crippen LogP contribution is -2.32. The molecular formula is C10H17NO2. The molecule has 0 spiro atoms. The van der Waals surface area contributed by atoms with Crippen molar-refractivity contribution in [2.24, 2.45) is 16.5 Å². The van der Waals surface area contributed by atoms with E-state index in [2.05, 4.69) is 25.9 Å². The summed E-state index contributed by atoms with van der Waals surface area (Å²) < 4.78 is 0. The highest BCUT2D eigenvalue weighted by Gasteiger charge is 2.32. The van der Waals surface area contributed by atoms with E-state index in [1.54, 1.807) is 0 Å². The normalized spacial score (nSPS) is 28.1. The fourth-order valence-electron chi connectivity index (χ4n) is 1.73. The Morgan fingerprint density at radius 2 is 2.08 bits per heavy atom. The van der Waals surface area contributed by atoms with Crippen molar-refractivity contribution >= 4 is 11.5 Å². The molecule has 0 radical (unpaired) electrons. The maximum atomic E-state index is 11.2. The van der Waals surface area contributed by atoms with E-state index < -0.39 is 0 Å². The highest BCUT2D eigenvalue weighted by Crippen LogP contribution is 2.35. The molecule has 0 saturated heterocycles. The Bertz CT molecular complexity index is 238. The van der Waals surface area contributed by atoms with Crippen LogP contribution >= 0.6 is 0 Å². The summed E-state index contributed by atoms with van der Waals surface area (Å²) in [6.07, 6.45) is 2.07. The number of hydrogen-bond acceptors (Lipinski definition) is 3. The molecule has 1 saturated carbocycles. The van der Waals surface area contributed by atoms with Crippen LogP contribution in [0.25, 0.3) is 0 Å². The van der Waals surface area contributed by atoms with E-state index in [-0.39, 0.29) is 11.2 Å². The first-order valence-corrected chi connectivity index (χ1v) is 4.69. The largest absolute Gasteiger partial charge is 0.411 e. The van der Waals surface area contributed by atoms with Crippen LogP contribution in [0.15, 0.2) is 5.16 Å². The number of hydrogen-bond donors (Lipinski definition) is 1. The summed E-state index contributed by atoms with van der Waals surface area (Å²) in [5.41, 5.74) is 0.544. The third-order valence-corrected chi connectivity index (χ3v) is 2.83. The van der Waals surface area contributed by atoms with Gasteiger partial charge in [0.1, 0.15) is 5.71 Å². The fraction of sp³-hybridized carbons (Fsp3) is 0.800. The first-order valence-electron chi connectivity index (χ1n) is 4.69. The summed E-state index contributed by atoms with van der Waals surface area (Å²) in [7, 11) is 0. The first-order chi connectivity index (χ1) is 5.95. The molecule has 1 unspecified atom stereocenters. The standard InChI is InChI=1S/C10H17NO2/c1-10(2,3)7-4-5-9(12)8(6-7)11-13/h7,13H,4-6H2,1-3H3/b11-8-. The number of oxime groups is 1. The second-order valence-corrected chi connectivity index (χ2v) is 4.78. The van der Waals surface area contributed by atoms with Crippen LogP contribution in [0.4, 0.5) is 0 Å². The van der Waals surface area contributed by atoms with Crippen molar-refractivity contribution in [2.75, 3.05) is 0 Å². The quantitative estimate of drug-likeness (QED) is 0.462. The number of carbonyl (C=O) groups is 1. The molecule has 0 aromatic rings. The first kappa shape index (κ1) is 10.2. The summed E-state index contributed by atoms with van der Waals surface area (Å²) in [5.74, 6) is 0.458. The molecule has 0 amide bonds. The third kappa shape index (κ3) is 2.29. The van der Waals surface area contributed by atoms with Crippen LogP contribution in [0.3, 0.4) is 0 Å². The Morgan fingerprint density at radius 1 is 1.46 bits per heavy atom. The number of nitrogens with zero attached hydrogens (tertiary/aromatic N) is 1. The van der Waals surface area contributed by atoms with E-state index in [1.807, 2.05) is 0 Å². The number of ketones is 1. The monoisotopic (exact) mass is 183 g/mol. The molecule has 0 aromatic carbocycles. The van der Waals surface area contributed by atoms with Gasteiger partial charge in [-0.05, 0) is 24.2 Å². The molecule has 1 fully saturated rings. The molecule has 1 atom stereocenters. The second-order valence-electron chi connectivity index (χ2n) is 4.78. The zero-order chi connectivity index (χ0) is 10.1. The molecule has 74 valence electrons. The van der Waals surface area contributed by atoms with Gasteiger partial charge in [-0.2, -0.15) is 0 Å². The molecule has 0 aromatic heterocycles. The highest BCUT2D eigenvalue weighted by atomic mass is 16.4. The third-order valence-electron chi connectivity index (χ3n) is 2.83. The minimum absolute atomic E-state index is 0.00278. The minimum Gasteiger partial charge on any atom is -0.411 e. The van der Waals surface area contributed by atoms with Crippen molar-refractivity contribution in [1.29, 1.82) is 0 Å². The van der Waals surface area contributed by atoms with Crippen molar-refractivity contribution in [2.45, 2.75) is 40.0 Å². The van der Waals surface area contributed by atoms with Gasteiger partial charge in [0.05, 0.1) is 0 Å². The van der Waals surface area contributed by atoms with E-state index in [4.69, 9.17) is 5.21 Å². The van der Waals surface area contributed by atoms with E-state index in [1.165, 1.54) is 0 Å². The average Bonchev–Trinajstić information content (AvgIpc) is 2.03. The van der Waals surface area contributed by atoms with Crippen LogP contribution in [-0.2, 0) is 4.79 Å². The van der Waals surface area contributed by atoms with Crippen LogP contribution in [0.5, 0.6) is 0 Å². The smallest absolute Gasteiger partial charge is 0.180 e. The molecular weight excluding hydrogens is 166 g/mol. The molecule has 0 bridgehead atoms. The molecule has 1 aliphatic rings. The molecule has 3 heteroatoms. The van der Waals surface area contributed by atoms with E-state index in [9.17, 15) is 4.79 Å². The lowest BCUT2D eigenvalue weighted by atomic mass is 9.71. The van der Waals surface area contributed by atoms with Crippen molar-refractivity contribution in [3.05, 3.63) is 0 Å². The molecule has 3 nitrogen and oxygen atoms in total. The molecule has 0 heterocycles. The van der Waals surface area contributed by atoms with Crippen LogP contribution in [0.2, 0.25) is 0 Å². The maximum Gasteiger partial charge on any atom is 0.180 e. The van der Waals surface area contributed by atoms with Gasteiger partial charge in [-0.15, -0.1) is 0 Å². The maximum absolute atomic E-state index is 11.2. The predicted molar refractivity (Wildman–Crippen MR) is 51.0 cm³/mol. The van der Waals surface area contributed by atoms with E-state index >= 15 is 0 Å². The van der Waals surface area contributed by atoms with Crippen LogP contribution in [0.1, 0.15) is 40.0 Å². The van der Waals surface area contributed by atoms with Gasteiger partial charge in [0.2, 0.25) is 0 Å². The van der Waals surface area contributed by atoms with Crippen molar-refractivity contribution < 1.29 is 10.0 Å². The van der Waals surface area contributed by atoms with Gasteiger partial charge in [0, 0.05) is 6.42 Å². The summed E-state index contributed by atoms with van der Waals surface area (Å²) >= 11 is 0. The molecule has 1 aliphatic carbocycles. The fourth-order valence-corrected chi connectivity index (χ4v) is 1.73. The Balaban J connectivity index is 2.71. The van der Waals surface area contributed by atoms with E-state index in [0.29, 0.717) is 24.5 Å². The van der Waals surface area contributed by atoms with Gasteiger partial charge in [0.25, 0.3) is 0 Å². The van der Waals surface area contributed by atoms with Crippen molar-refractivity contribution in [1.82, 2.24) is 0 Å². The Labute approximate surface area is 78.8 Å². The molecule has 0 aliphatic heterocycles. The van der Waals surface area contributed by atoms with Gasteiger partial charge >= 0.3 is 0 Å². The summed E-state index contributed by atoms with van der Waals surface area (Å²) in [4.78, 5) is 11.2. The minimum atomic E-state index is 0.00278. The Morgan fingerprint density at radius 3 is 2.54 bits per heavy atom.